The minimum Gasteiger partial charge on any atom is -0.496 e. The molecule has 0 saturated carbocycles. The second-order valence-electron chi connectivity index (χ2n) is 6.50. The number of rotatable bonds is 7. The first-order valence-corrected chi connectivity index (χ1v) is 7.70. The molecule has 22 heavy (non-hydrogen) atoms. The van der Waals surface area contributed by atoms with Crippen LogP contribution in [0.15, 0.2) is 18.2 Å². The van der Waals surface area contributed by atoms with Crippen molar-refractivity contribution in [1.29, 1.82) is 0 Å². The Morgan fingerprint density at radius 1 is 1.32 bits per heavy atom. The molecule has 1 aromatic rings. The maximum atomic E-state index is 10.6. The van der Waals surface area contributed by atoms with Gasteiger partial charge >= 0.3 is 0 Å². The summed E-state index contributed by atoms with van der Waals surface area (Å²) in [6, 6.07) is 6.21. The van der Waals surface area contributed by atoms with E-state index in [4.69, 9.17) is 9.47 Å². The minimum absolute atomic E-state index is 0.543. The van der Waals surface area contributed by atoms with Crippen molar-refractivity contribution in [3.8, 4) is 5.75 Å². The third kappa shape index (κ3) is 4.43. The van der Waals surface area contributed by atoms with Crippen LogP contribution in [0.2, 0.25) is 0 Å². The zero-order valence-electron chi connectivity index (χ0n) is 14.1. The second-order valence-corrected chi connectivity index (χ2v) is 6.50. The molecule has 1 unspecified atom stereocenters. The molecule has 5 nitrogen and oxygen atoms in total. The standard InChI is InChI=1S/C17H28N2O3/c1-18(2)12-17(20)7-8-19(13-17)10-14-5-6-16(22-4)15(9-14)11-21-3/h5-6,9,20H,7-8,10-13H2,1-4H3. The van der Waals surface area contributed by atoms with Gasteiger partial charge in [0.15, 0.2) is 0 Å². The third-order valence-electron chi connectivity index (χ3n) is 4.07. The number of nitrogens with zero attached hydrogens (tertiary/aromatic N) is 2. The van der Waals surface area contributed by atoms with Crippen molar-refractivity contribution >= 4 is 0 Å². The summed E-state index contributed by atoms with van der Waals surface area (Å²) in [6.07, 6.45) is 0.826. The average Bonchev–Trinajstić information content (AvgIpc) is 2.79. The summed E-state index contributed by atoms with van der Waals surface area (Å²) in [6.45, 7) is 3.74. The third-order valence-corrected chi connectivity index (χ3v) is 4.07. The number of hydrogen-bond donors (Lipinski definition) is 1. The summed E-state index contributed by atoms with van der Waals surface area (Å²) < 4.78 is 10.6. The summed E-state index contributed by atoms with van der Waals surface area (Å²) in [5.74, 6) is 0.858. The van der Waals surface area contributed by atoms with Gasteiger partial charge in [0, 0.05) is 38.9 Å². The van der Waals surface area contributed by atoms with Crippen LogP contribution >= 0.6 is 0 Å². The molecule has 1 aliphatic heterocycles. The Morgan fingerprint density at radius 3 is 2.73 bits per heavy atom. The molecule has 1 fully saturated rings. The zero-order valence-corrected chi connectivity index (χ0v) is 14.1. The highest BCUT2D eigenvalue weighted by molar-refractivity contribution is 5.37. The number of likely N-dealkylation sites (tertiary alicyclic amines) is 1. The highest BCUT2D eigenvalue weighted by Crippen LogP contribution is 2.26. The lowest BCUT2D eigenvalue weighted by Gasteiger charge is -2.27. The fourth-order valence-electron chi connectivity index (χ4n) is 3.25. The Bertz CT molecular complexity index is 493. The van der Waals surface area contributed by atoms with E-state index in [0.29, 0.717) is 13.2 Å². The second kappa shape index (κ2) is 7.42. The lowest BCUT2D eigenvalue weighted by Crippen LogP contribution is -2.42. The van der Waals surface area contributed by atoms with E-state index < -0.39 is 5.60 Å². The van der Waals surface area contributed by atoms with Crippen molar-refractivity contribution in [3.63, 3.8) is 0 Å². The molecule has 2 rings (SSSR count). The SMILES string of the molecule is COCc1cc(CN2CCC(O)(CN(C)C)C2)ccc1OC. The summed E-state index contributed by atoms with van der Waals surface area (Å²) in [5.41, 5.74) is 1.69. The molecule has 124 valence electrons. The summed E-state index contributed by atoms with van der Waals surface area (Å²) in [5, 5.41) is 10.6. The lowest BCUT2D eigenvalue weighted by atomic mass is 10.0. The van der Waals surface area contributed by atoms with Crippen molar-refractivity contribution in [2.45, 2.75) is 25.2 Å². The van der Waals surface area contributed by atoms with Gasteiger partial charge in [0.1, 0.15) is 5.75 Å². The molecule has 0 bridgehead atoms. The quantitative estimate of drug-likeness (QED) is 0.823. The van der Waals surface area contributed by atoms with Gasteiger partial charge < -0.3 is 19.5 Å². The van der Waals surface area contributed by atoms with E-state index in [-0.39, 0.29) is 0 Å². The maximum Gasteiger partial charge on any atom is 0.124 e. The van der Waals surface area contributed by atoms with Gasteiger partial charge in [-0.1, -0.05) is 6.07 Å². The van der Waals surface area contributed by atoms with Gasteiger partial charge in [-0.2, -0.15) is 0 Å². The van der Waals surface area contributed by atoms with Crippen LogP contribution in [0.4, 0.5) is 0 Å². The Hall–Kier alpha value is -1.14. The van der Waals surface area contributed by atoms with Crippen LogP contribution in [0.5, 0.6) is 5.75 Å². The Morgan fingerprint density at radius 2 is 2.09 bits per heavy atom. The molecule has 0 spiro atoms. The Labute approximate surface area is 133 Å². The van der Waals surface area contributed by atoms with Crippen molar-refractivity contribution in [2.75, 3.05) is 47.9 Å². The largest absolute Gasteiger partial charge is 0.496 e. The van der Waals surface area contributed by atoms with E-state index >= 15 is 0 Å². The first-order valence-electron chi connectivity index (χ1n) is 7.70. The monoisotopic (exact) mass is 308 g/mol. The first kappa shape index (κ1) is 17.2. The van der Waals surface area contributed by atoms with Crippen molar-refractivity contribution in [1.82, 2.24) is 9.80 Å². The van der Waals surface area contributed by atoms with E-state index in [1.54, 1.807) is 14.2 Å². The maximum absolute atomic E-state index is 10.6. The molecule has 1 aliphatic rings. The average molecular weight is 308 g/mol. The summed E-state index contributed by atoms with van der Waals surface area (Å²) in [4.78, 5) is 4.36. The van der Waals surface area contributed by atoms with Gasteiger partial charge in [0.05, 0.1) is 19.3 Å². The van der Waals surface area contributed by atoms with Crippen molar-refractivity contribution in [3.05, 3.63) is 29.3 Å². The number of hydrogen-bond acceptors (Lipinski definition) is 5. The van der Waals surface area contributed by atoms with E-state index in [1.165, 1.54) is 5.56 Å². The summed E-state index contributed by atoms with van der Waals surface area (Å²) >= 11 is 0. The number of aliphatic hydroxyl groups is 1. The molecule has 1 saturated heterocycles. The molecule has 0 amide bonds. The van der Waals surface area contributed by atoms with Gasteiger partial charge in [-0.15, -0.1) is 0 Å². The topological polar surface area (TPSA) is 45.2 Å². The zero-order chi connectivity index (χ0) is 16.2. The van der Waals surface area contributed by atoms with Crippen LogP contribution in [0, 0.1) is 0 Å². The van der Waals surface area contributed by atoms with Crippen LogP contribution < -0.4 is 4.74 Å². The van der Waals surface area contributed by atoms with Crippen LogP contribution in [0.1, 0.15) is 17.5 Å². The Kier molecular flexibility index (Phi) is 5.81. The molecule has 0 aromatic heterocycles. The van der Waals surface area contributed by atoms with Crippen LogP contribution in [0.25, 0.3) is 0 Å². The van der Waals surface area contributed by atoms with Crippen LogP contribution in [0.3, 0.4) is 0 Å². The van der Waals surface area contributed by atoms with Gasteiger partial charge in [-0.25, -0.2) is 0 Å². The van der Waals surface area contributed by atoms with Gasteiger partial charge in [0.25, 0.3) is 0 Å². The number of benzene rings is 1. The number of β-amino-alcohol motifs (C(OH)–C–C–N with tert-alkyl or cyclic N) is 1. The van der Waals surface area contributed by atoms with Gasteiger partial charge in [-0.05, 0) is 38.2 Å². The van der Waals surface area contributed by atoms with E-state index in [9.17, 15) is 5.11 Å². The van der Waals surface area contributed by atoms with Crippen molar-refractivity contribution < 1.29 is 14.6 Å². The van der Waals surface area contributed by atoms with E-state index in [1.807, 2.05) is 25.1 Å². The molecule has 1 atom stereocenters. The van der Waals surface area contributed by atoms with E-state index in [2.05, 4.69) is 17.0 Å². The van der Waals surface area contributed by atoms with Gasteiger partial charge in [-0.3, -0.25) is 4.90 Å². The normalized spacial score (nSPS) is 22.5. The highest BCUT2D eigenvalue weighted by atomic mass is 16.5. The Balaban J connectivity index is 2.01. The predicted octanol–water partition coefficient (Wildman–Crippen LogP) is 1.34. The molecule has 1 N–H and O–H groups in total. The fraction of sp³-hybridized carbons (Fsp3) is 0.647. The van der Waals surface area contributed by atoms with Gasteiger partial charge in [0.2, 0.25) is 0 Å². The van der Waals surface area contributed by atoms with Crippen molar-refractivity contribution in [2.24, 2.45) is 0 Å². The molecule has 0 aliphatic carbocycles. The van der Waals surface area contributed by atoms with Crippen LogP contribution in [-0.4, -0.2) is 68.5 Å². The van der Waals surface area contributed by atoms with Crippen LogP contribution in [-0.2, 0) is 17.9 Å². The van der Waals surface area contributed by atoms with E-state index in [0.717, 1.165) is 37.4 Å². The predicted molar refractivity (Wildman–Crippen MR) is 87.1 cm³/mol. The molecule has 1 heterocycles. The molecule has 5 heteroatoms. The molecule has 0 radical (unpaired) electrons. The lowest BCUT2D eigenvalue weighted by molar-refractivity contribution is 0.0240. The first-order chi connectivity index (χ1) is 10.5. The molecule has 1 aromatic carbocycles. The fourth-order valence-corrected chi connectivity index (χ4v) is 3.25. The smallest absolute Gasteiger partial charge is 0.124 e. The number of likely N-dealkylation sites (N-methyl/N-ethyl adjacent to an activating group) is 1. The minimum atomic E-state index is -0.592. The molecular weight excluding hydrogens is 280 g/mol. The summed E-state index contributed by atoms with van der Waals surface area (Å²) in [7, 11) is 7.37. The highest BCUT2D eigenvalue weighted by Gasteiger charge is 2.36. The molecular formula is C17H28N2O3. The number of methoxy groups -OCH3 is 2. The number of ether oxygens (including phenoxy) is 2.